The second kappa shape index (κ2) is 5.23. The van der Waals surface area contributed by atoms with Crippen LogP contribution in [-0.4, -0.2) is 36.6 Å². The maximum absolute atomic E-state index is 5.77. The monoisotopic (exact) mass is 244 g/mol. The molecular formula is C14H20N4. The summed E-state index contributed by atoms with van der Waals surface area (Å²) in [6.45, 7) is 3.09. The second-order valence-corrected chi connectivity index (χ2v) is 4.83. The van der Waals surface area contributed by atoms with Gasteiger partial charge < -0.3 is 16.0 Å². The molecule has 0 spiro atoms. The van der Waals surface area contributed by atoms with Gasteiger partial charge in [-0.25, -0.2) is 0 Å². The van der Waals surface area contributed by atoms with Crippen molar-refractivity contribution in [1.29, 1.82) is 0 Å². The van der Waals surface area contributed by atoms with Crippen LogP contribution >= 0.6 is 0 Å². The van der Waals surface area contributed by atoms with Gasteiger partial charge in [-0.15, -0.1) is 0 Å². The van der Waals surface area contributed by atoms with Crippen LogP contribution in [-0.2, 0) is 0 Å². The standard InChI is InChI=1S/C14H20N4/c1-10(18(2)3)9-17-13-6-7-16-14-8-11(15)4-5-12(13)14/h4-8,10H,9,15H2,1-3H3,(H,16,17). The van der Waals surface area contributed by atoms with Gasteiger partial charge in [-0.05, 0) is 45.3 Å². The number of nitrogen functional groups attached to an aromatic ring is 1. The Hall–Kier alpha value is -1.81. The number of nitrogens with zero attached hydrogens (tertiary/aromatic N) is 2. The fraction of sp³-hybridized carbons (Fsp3) is 0.357. The van der Waals surface area contributed by atoms with E-state index >= 15 is 0 Å². The summed E-state index contributed by atoms with van der Waals surface area (Å²) in [6, 6.07) is 8.30. The van der Waals surface area contributed by atoms with Crippen LogP contribution in [0.5, 0.6) is 0 Å². The van der Waals surface area contributed by atoms with Crippen molar-refractivity contribution in [3.05, 3.63) is 30.5 Å². The molecule has 0 saturated heterocycles. The molecule has 18 heavy (non-hydrogen) atoms. The number of rotatable bonds is 4. The Labute approximate surface area is 108 Å². The number of hydrogen-bond acceptors (Lipinski definition) is 4. The van der Waals surface area contributed by atoms with Crippen LogP contribution < -0.4 is 11.1 Å². The lowest BCUT2D eigenvalue weighted by molar-refractivity contribution is 0.326. The molecule has 2 rings (SSSR count). The predicted octanol–water partition coefficient (Wildman–Crippen LogP) is 2.18. The number of nitrogens with one attached hydrogen (secondary N) is 1. The highest BCUT2D eigenvalue weighted by molar-refractivity contribution is 5.92. The van der Waals surface area contributed by atoms with Gasteiger partial charge in [0, 0.05) is 35.5 Å². The number of aromatic nitrogens is 1. The number of benzene rings is 1. The highest BCUT2D eigenvalue weighted by atomic mass is 15.1. The third kappa shape index (κ3) is 2.71. The van der Waals surface area contributed by atoms with E-state index in [9.17, 15) is 0 Å². The van der Waals surface area contributed by atoms with Crippen LogP contribution in [0.4, 0.5) is 11.4 Å². The van der Waals surface area contributed by atoms with Crippen LogP contribution in [0.3, 0.4) is 0 Å². The lowest BCUT2D eigenvalue weighted by atomic mass is 10.1. The predicted molar refractivity (Wildman–Crippen MR) is 77.8 cm³/mol. The fourth-order valence-electron chi connectivity index (χ4n) is 1.76. The first-order valence-electron chi connectivity index (χ1n) is 6.12. The summed E-state index contributed by atoms with van der Waals surface area (Å²) < 4.78 is 0. The summed E-state index contributed by atoms with van der Waals surface area (Å²) in [5.74, 6) is 0. The molecule has 0 aliphatic carbocycles. The van der Waals surface area contributed by atoms with Gasteiger partial charge in [-0.3, -0.25) is 4.98 Å². The molecule has 0 amide bonds. The Bertz CT molecular complexity index is 536. The molecule has 2 aromatic rings. The van der Waals surface area contributed by atoms with Crippen LogP contribution in [0.2, 0.25) is 0 Å². The first-order valence-corrected chi connectivity index (χ1v) is 6.12. The van der Waals surface area contributed by atoms with Crippen molar-refractivity contribution >= 4 is 22.3 Å². The molecule has 0 bridgehead atoms. The largest absolute Gasteiger partial charge is 0.399 e. The minimum atomic E-state index is 0.474. The SMILES string of the molecule is CC(CNc1ccnc2cc(N)ccc12)N(C)C. The topological polar surface area (TPSA) is 54.2 Å². The van der Waals surface area contributed by atoms with Crippen LogP contribution in [0, 0.1) is 0 Å². The van der Waals surface area contributed by atoms with Crippen molar-refractivity contribution in [2.75, 3.05) is 31.7 Å². The third-order valence-electron chi connectivity index (χ3n) is 3.24. The summed E-state index contributed by atoms with van der Waals surface area (Å²) in [5, 5.41) is 4.57. The minimum absolute atomic E-state index is 0.474. The van der Waals surface area contributed by atoms with E-state index in [0.29, 0.717) is 6.04 Å². The molecule has 1 aromatic carbocycles. The molecule has 0 fully saturated rings. The first kappa shape index (κ1) is 12.6. The molecule has 0 aliphatic rings. The average Bonchev–Trinajstić information content (AvgIpc) is 2.35. The van der Waals surface area contributed by atoms with E-state index in [-0.39, 0.29) is 0 Å². The van der Waals surface area contributed by atoms with Crippen molar-refractivity contribution < 1.29 is 0 Å². The molecule has 4 heteroatoms. The van der Waals surface area contributed by atoms with E-state index in [1.165, 1.54) is 0 Å². The average molecular weight is 244 g/mol. The van der Waals surface area contributed by atoms with Crippen molar-refractivity contribution in [1.82, 2.24) is 9.88 Å². The van der Waals surface area contributed by atoms with Gasteiger partial charge in [0.1, 0.15) is 0 Å². The van der Waals surface area contributed by atoms with Gasteiger partial charge in [-0.2, -0.15) is 0 Å². The van der Waals surface area contributed by atoms with Gasteiger partial charge in [0.25, 0.3) is 0 Å². The zero-order valence-electron chi connectivity index (χ0n) is 11.1. The minimum Gasteiger partial charge on any atom is -0.399 e. The maximum Gasteiger partial charge on any atom is 0.0743 e. The first-order chi connectivity index (χ1) is 8.58. The summed E-state index contributed by atoms with van der Waals surface area (Å²) in [4.78, 5) is 6.52. The smallest absolute Gasteiger partial charge is 0.0743 e. The zero-order valence-corrected chi connectivity index (χ0v) is 11.1. The Morgan fingerprint density at radius 3 is 2.83 bits per heavy atom. The molecule has 3 N–H and O–H groups in total. The summed E-state index contributed by atoms with van der Waals surface area (Å²) >= 11 is 0. The summed E-state index contributed by atoms with van der Waals surface area (Å²) in [6.07, 6.45) is 1.81. The van der Waals surface area contributed by atoms with Crippen molar-refractivity contribution in [2.45, 2.75) is 13.0 Å². The van der Waals surface area contributed by atoms with Gasteiger partial charge in [0.15, 0.2) is 0 Å². The molecule has 1 unspecified atom stereocenters. The quantitative estimate of drug-likeness (QED) is 0.809. The summed E-state index contributed by atoms with van der Waals surface area (Å²) in [7, 11) is 4.16. The fourth-order valence-corrected chi connectivity index (χ4v) is 1.76. The second-order valence-electron chi connectivity index (χ2n) is 4.83. The van der Waals surface area contributed by atoms with Gasteiger partial charge in [0.05, 0.1) is 5.52 Å². The number of anilines is 2. The van der Waals surface area contributed by atoms with Crippen molar-refractivity contribution in [3.8, 4) is 0 Å². The Kier molecular flexibility index (Phi) is 3.67. The lowest BCUT2D eigenvalue weighted by Gasteiger charge is -2.21. The molecular weight excluding hydrogens is 224 g/mol. The van der Waals surface area contributed by atoms with Gasteiger partial charge in [-0.1, -0.05) is 0 Å². The van der Waals surface area contributed by atoms with Gasteiger partial charge in [0.2, 0.25) is 0 Å². The number of hydrogen-bond donors (Lipinski definition) is 2. The highest BCUT2D eigenvalue weighted by Gasteiger charge is 2.06. The van der Waals surface area contributed by atoms with E-state index < -0.39 is 0 Å². The molecule has 96 valence electrons. The molecule has 1 aromatic heterocycles. The Balaban J connectivity index is 2.23. The molecule has 4 nitrogen and oxygen atoms in total. The molecule has 0 aliphatic heterocycles. The van der Waals surface area contributed by atoms with Crippen molar-refractivity contribution in [3.63, 3.8) is 0 Å². The van der Waals surface area contributed by atoms with E-state index in [0.717, 1.165) is 28.8 Å². The van der Waals surface area contributed by atoms with Crippen LogP contribution in [0.1, 0.15) is 6.92 Å². The molecule has 0 saturated carbocycles. The zero-order chi connectivity index (χ0) is 13.1. The van der Waals surface area contributed by atoms with E-state index in [2.05, 4.69) is 36.2 Å². The number of nitrogens with two attached hydrogens (primary N) is 1. The molecule has 0 radical (unpaired) electrons. The maximum atomic E-state index is 5.77. The number of fused-ring (bicyclic) bond motifs is 1. The van der Waals surface area contributed by atoms with Crippen LogP contribution in [0.15, 0.2) is 30.5 Å². The molecule has 1 heterocycles. The normalized spacial score (nSPS) is 12.9. The van der Waals surface area contributed by atoms with Crippen LogP contribution in [0.25, 0.3) is 10.9 Å². The van der Waals surface area contributed by atoms with Crippen molar-refractivity contribution in [2.24, 2.45) is 0 Å². The number of pyridine rings is 1. The van der Waals surface area contributed by atoms with Gasteiger partial charge >= 0.3 is 0 Å². The molecule has 1 atom stereocenters. The Morgan fingerprint density at radius 2 is 2.11 bits per heavy atom. The van der Waals surface area contributed by atoms with E-state index in [1.54, 1.807) is 0 Å². The lowest BCUT2D eigenvalue weighted by Crippen LogP contribution is -2.31. The Morgan fingerprint density at radius 1 is 1.33 bits per heavy atom. The van der Waals surface area contributed by atoms with E-state index in [1.807, 2.05) is 30.5 Å². The third-order valence-corrected chi connectivity index (χ3v) is 3.24. The highest BCUT2D eigenvalue weighted by Crippen LogP contribution is 2.23. The summed E-state index contributed by atoms with van der Waals surface area (Å²) in [5.41, 5.74) is 8.55. The number of likely N-dealkylation sites (N-methyl/N-ethyl adjacent to an activating group) is 1. The van der Waals surface area contributed by atoms with E-state index in [4.69, 9.17) is 5.73 Å².